The number of benzene rings is 2. The molecule has 0 saturated carbocycles. The molecule has 0 fully saturated rings. The number of halogens is 1. The number of ether oxygens (including phenoxy) is 1. The standard InChI is InChI=1S/C22H28ClN3O5S/c1-5-24-22(28)16(2)25(14-17-9-11-18(23)12-10-17)21(27)15-26(32(4,29)30)19-7-6-8-20(13-19)31-3/h6-13,16H,5,14-15H2,1-4H3,(H,24,28). The van der Waals surface area contributed by atoms with Crippen molar-refractivity contribution in [2.24, 2.45) is 0 Å². The van der Waals surface area contributed by atoms with E-state index in [-0.39, 0.29) is 18.1 Å². The molecule has 0 aliphatic rings. The maximum absolute atomic E-state index is 13.3. The normalized spacial score (nSPS) is 12.0. The Kier molecular flexibility index (Phi) is 8.91. The van der Waals surface area contributed by atoms with E-state index in [1.807, 2.05) is 0 Å². The molecular formula is C22H28ClN3O5S. The minimum absolute atomic E-state index is 0.115. The predicted molar refractivity (Wildman–Crippen MR) is 125 cm³/mol. The summed E-state index contributed by atoms with van der Waals surface area (Å²) in [5, 5.41) is 3.25. The van der Waals surface area contributed by atoms with Crippen molar-refractivity contribution in [3.8, 4) is 5.75 Å². The molecule has 10 heteroatoms. The van der Waals surface area contributed by atoms with E-state index < -0.39 is 28.5 Å². The van der Waals surface area contributed by atoms with Gasteiger partial charge >= 0.3 is 0 Å². The van der Waals surface area contributed by atoms with Crippen LogP contribution in [0.1, 0.15) is 19.4 Å². The summed E-state index contributed by atoms with van der Waals surface area (Å²) in [4.78, 5) is 27.2. The van der Waals surface area contributed by atoms with Gasteiger partial charge in [0.2, 0.25) is 21.8 Å². The second kappa shape index (κ2) is 11.2. The topological polar surface area (TPSA) is 96.0 Å². The van der Waals surface area contributed by atoms with Gasteiger partial charge in [0.15, 0.2) is 0 Å². The Labute approximate surface area is 194 Å². The summed E-state index contributed by atoms with van der Waals surface area (Å²) >= 11 is 5.95. The number of amides is 2. The van der Waals surface area contributed by atoms with Crippen LogP contribution in [0.4, 0.5) is 5.69 Å². The molecule has 32 heavy (non-hydrogen) atoms. The van der Waals surface area contributed by atoms with Crippen LogP contribution in [0.15, 0.2) is 48.5 Å². The number of sulfonamides is 1. The number of nitrogens with zero attached hydrogens (tertiary/aromatic N) is 2. The first-order chi connectivity index (χ1) is 15.1. The summed E-state index contributed by atoms with van der Waals surface area (Å²) in [7, 11) is -2.32. The molecule has 0 aromatic heterocycles. The second-order valence-corrected chi connectivity index (χ2v) is 9.53. The number of anilines is 1. The lowest BCUT2D eigenvalue weighted by molar-refractivity contribution is -0.139. The first-order valence-corrected chi connectivity index (χ1v) is 12.2. The molecule has 1 N–H and O–H groups in total. The number of likely N-dealkylation sites (N-methyl/N-ethyl adjacent to an activating group) is 1. The van der Waals surface area contributed by atoms with E-state index in [2.05, 4.69) is 5.32 Å². The van der Waals surface area contributed by atoms with Crippen molar-refractivity contribution in [2.45, 2.75) is 26.4 Å². The third kappa shape index (κ3) is 6.86. The van der Waals surface area contributed by atoms with Crippen molar-refractivity contribution in [1.82, 2.24) is 10.2 Å². The zero-order valence-electron chi connectivity index (χ0n) is 18.5. The summed E-state index contributed by atoms with van der Waals surface area (Å²) in [6.07, 6.45) is 1.02. The SMILES string of the molecule is CCNC(=O)C(C)N(Cc1ccc(Cl)cc1)C(=O)CN(c1cccc(OC)c1)S(C)(=O)=O. The molecule has 0 heterocycles. The van der Waals surface area contributed by atoms with Crippen LogP contribution in [0, 0.1) is 0 Å². The molecule has 0 aliphatic heterocycles. The van der Waals surface area contributed by atoms with Gasteiger partial charge in [-0.25, -0.2) is 8.42 Å². The Balaban J connectivity index is 2.38. The summed E-state index contributed by atoms with van der Waals surface area (Å²) in [5.41, 5.74) is 1.04. The van der Waals surface area contributed by atoms with Gasteiger partial charge in [-0.05, 0) is 43.7 Å². The van der Waals surface area contributed by atoms with Gasteiger partial charge in [0.05, 0.1) is 19.1 Å². The Bertz CT molecular complexity index is 1040. The zero-order chi connectivity index (χ0) is 23.9. The molecule has 1 unspecified atom stereocenters. The predicted octanol–water partition coefficient (Wildman–Crippen LogP) is 2.67. The van der Waals surface area contributed by atoms with Crippen LogP contribution in [0.25, 0.3) is 0 Å². The minimum atomic E-state index is -3.79. The fraction of sp³-hybridized carbons (Fsp3) is 0.364. The van der Waals surface area contributed by atoms with Gasteiger partial charge in [-0.3, -0.25) is 13.9 Å². The lowest BCUT2D eigenvalue weighted by atomic mass is 10.1. The molecule has 2 rings (SSSR count). The highest BCUT2D eigenvalue weighted by Crippen LogP contribution is 2.24. The van der Waals surface area contributed by atoms with Crippen LogP contribution < -0.4 is 14.4 Å². The lowest BCUT2D eigenvalue weighted by Crippen LogP contribution is -2.51. The molecule has 2 amide bonds. The fourth-order valence-electron chi connectivity index (χ4n) is 3.07. The number of hydrogen-bond acceptors (Lipinski definition) is 5. The minimum Gasteiger partial charge on any atom is -0.497 e. The van der Waals surface area contributed by atoms with Crippen LogP contribution in [-0.2, 0) is 26.2 Å². The molecule has 1 atom stereocenters. The van der Waals surface area contributed by atoms with E-state index in [1.165, 1.54) is 18.1 Å². The van der Waals surface area contributed by atoms with E-state index in [0.29, 0.717) is 17.3 Å². The summed E-state index contributed by atoms with van der Waals surface area (Å²) in [5.74, 6) is -0.397. The maximum atomic E-state index is 13.3. The largest absolute Gasteiger partial charge is 0.497 e. The molecule has 174 valence electrons. The van der Waals surface area contributed by atoms with Crippen LogP contribution in [0.5, 0.6) is 5.75 Å². The number of nitrogens with one attached hydrogen (secondary N) is 1. The molecule has 8 nitrogen and oxygen atoms in total. The third-order valence-electron chi connectivity index (χ3n) is 4.80. The van der Waals surface area contributed by atoms with Crippen LogP contribution >= 0.6 is 11.6 Å². The smallest absolute Gasteiger partial charge is 0.244 e. The van der Waals surface area contributed by atoms with Crippen LogP contribution in [0.2, 0.25) is 5.02 Å². The van der Waals surface area contributed by atoms with Gasteiger partial charge in [0, 0.05) is 24.2 Å². The zero-order valence-corrected chi connectivity index (χ0v) is 20.1. The molecule has 2 aromatic carbocycles. The number of rotatable bonds is 10. The van der Waals surface area contributed by atoms with Gasteiger partial charge in [0.1, 0.15) is 18.3 Å². The van der Waals surface area contributed by atoms with Gasteiger partial charge in [-0.1, -0.05) is 29.8 Å². The monoisotopic (exact) mass is 481 g/mol. The van der Waals surface area contributed by atoms with Gasteiger partial charge in [0.25, 0.3) is 0 Å². The maximum Gasteiger partial charge on any atom is 0.244 e. The van der Waals surface area contributed by atoms with Crippen molar-refractivity contribution < 1.29 is 22.7 Å². The third-order valence-corrected chi connectivity index (χ3v) is 6.20. The molecular weight excluding hydrogens is 454 g/mol. The quantitative estimate of drug-likeness (QED) is 0.562. The van der Waals surface area contributed by atoms with E-state index in [0.717, 1.165) is 16.1 Å². The van der Waals surface area contributed by atoms with E-state index in [4.69, 9.17) is 16.3 Å². The van der Waals surface area contributed by atoms with Crippen LogP contribution in [0.3, 0.4) is 0 Å². The van der Waals surface area contributed by atoms with E-state index in [1.54, 1.807) is 56.3 Å². The van der Waals surface area contributed by atoms with Gasteiger partial charge in [-0.15, -0.1) is 0 Å². The van der Waals surface area contributed by atoms with Crippen molar-refractivity contribution in [3.05, 3.63) is 59.1 Å². The van der Waals surface area contributed by atoms with Gasteiger partial charge < -0.3 is 15.0 Å². The Morgan fingerprint density at radius 2 is 1.81 bits per heavy atom. The van der Waals surface area contributed by atoms with E-state index >= 15 is 0 Å². The number of methoxy groups -OCH3 is 1. The molecule has 0 aliphatic carbocycles. The highest BCUT2D eigenvalue weighted by molar-refractivity contribution is 7.92. The Morgan fingerprint density at radius 1 is 1.16 bits per heavy atom. The number of hydrogen-bond donors (Lipinski definition) is 1. The first kappa shape index (κ1) is 25.5. The lowest BCUT2D eigenvalue weighted by Gasteiger charge is -2.31. The summed E-state index contributed by atoms with van der Waals surface area (Å²) in [6, 6.07) is 12.5. The van der Waals surface area contributed by atoms with Crippen molar-refractivity contribution in [1.29, 1.82) is 0 Å². The van der Waals surface area contributed by atoms with Gasteiger partial charge in [-0.2, -0.15) is 0 Å². The molecule has 0 radical (unpaired) electrons. The highest BCUT2D eigenvalue weighted by Gasteiger charge is 2.30. The van der Waals surface area contributed by atoms with Crippen molar-refractivity contribution in [3.63, 3.8) is 0 Å². The molecule has 0 saturated heterocycles. The van der Waals surface area contributed by atoms with Crippen molar-refractivity contribution >= 4 is 39.1 Å². The first-order valence-electron chi connectivity index (χ1n) is 10.00. The number of carbonyl (C=O) groups excluding carboxylic acids is 2. The highest BCUT2D eigenvalue weighted by atomic mass is 35.5. The molecule has 0 spiro atoms. The number of carbonyl (C=O) groups is 2. The fourth-order valence-corrected chi connectivity index (χ4v) is 4.04. The Hall–Kier alpha value is -2.78. The average Bonchev–Trinajstić information content (AvgIpc) is 2.75. The molecule has 0 bridgehead atoms. The van der Waals surface area contributed by atoms with Crippen LogP contribution in [-0.4, -0.2) is 57.6 Å². The summed E-state index contributed by atoms with van der Waals surface area (Å²) < 4.78 is 31.2. The summed E-state index contributed by atoms with van der Waals surface area (Å²) in [6.45, 7) is 3.44. The van der Waals surface area contributed by atoms with E-state index in [9.17, 15) is 18.0 Å². The second-order valence-electron chi connectivity index (χ2n) is 7.19. The average molecular weight is 482 g/mol. The Morgan fingerprint density at radius 3 is 2.38 bits per heavy atom. The van der Waals surface area contributed by atoms with Crippen molar-refractivity contribution in [2.75, 3.05) is 30.8 Å². The molecule has 2 aromatic rings.